The Morgan fingerprint density at radius 3 is 1.75 bits per heavy atom. The Bertz CT molecular complexity index is 2650. The van der Waals surface area contributed by atoms with E-state index >= 15 is 4.79 Å². The van der Waals surface area contributed by atoms with Crippen molar-refractivity contribution >= 4 is 70.0 Å². The van der Waals surface area contributed by atoms with Crippen LogP contribution in [0.15, 0.2) is 104 Å². The number of fused-ring (bicyclic) bond motifs is 1. The van der Waals surface area contributed by atoms with Gasteiger partial charge in [-0.3, -0.25) is 14.2 Å². The average molecular weight is 1040 g/mol. The van der Waals surface area contributed by atoms with E-state index < -0.39 is 102 Å². The highest BCUT2D eigenvalue weighted by molar-refractivity contribution is 6.99. The van der Waals surface area contributed by atoms with Gasteiger partial charge in [0.2, 0.25) is 0 Å². The number of esters is 1. The predicted octanol–water partition coefficient (Wildman–Crippen LogP) is 7.59. The zero-order valence-electron chi connectivity index (χ0n) is 44.3. The number of rotatable bonds is 15. The van der Waals surface area contributed by atoms with Crippen molar-refractivity contribution < 1.29 is 51.7 Å². The summed E-state index contributed by atoms with van der Waals surface area (Å²) in [6, 6.07) is 28.5. The standard InChI is InChI=1S/C53H73N5O11Si3/c1-51(2,3)70(12,13)67-41-38(60)39(65-45(50(62)64-11)43(41)69-72(53(7,8)9,34-27-21-17-22-28-34)35-29-23-18-24-30-35)37(59)40-42(68-71(14,15)52(4,5)6)44(63-10)49(66-40)58-32-56-36-46(54-31-55-47(36)58)57-48(61)33-25-19-16-20-26-33/h16-32,37,39-45,49,59H,1-15H3,(H,54,55,57,61)/t37-,39+,40-,41-,42+,43+,44-,45+,49-/m1/s1. The van der Waals surface area contributed by atoms with E-state index in [-0.39, 0.29) is 22.3 Å². The van der Waals surface area contributed by atoms with E-state index in [2.05, 4.69) is 95.7 Å². The number of methoxy groups -OCH3 is 2. The number of ketones is 1. The van der Waals surface area contributed by atoms with Crippen LogP contribution in [0, 0.1) is 0 Å². The van der Waals surface area contributed by atoms with E-state index in [1.165, 1.54) is 26.9 Å². The fourth-order valence-corrected chi connectivity index (χ4v) is 16.3. The largest absolute Gasteiger partial charge is 0.467 e. The van der Waals surface area contributed by atoms with Gasteiger partial charge in [0.05, 0.1) is 13.4 Å². The highest BCUT2D eigenvalue weighted by Gasteiger charge is 2.63. The quantitative estimate of drug-likeness (QED) is 0.0770. The molecule has 2 aliphatic rings. The highest BCUT2D eigenvalue weighted by Crippen LogP contribution is 2.47. The number of aromatic nitrogens is 4. The molecule has 7 rings (SSSR count). The van der Waals surface area contributed by atoms with E-state index in [0.717, 1.165) is 10.4 Å². The van der Waals surface area contributed by atoms with Crippen LogP contribution in [0.5, 0.6) is 0 Å². The summed E-state index contributed by atoms with van der Waals surface area (Å²) in [5.41, 5.74) is 0.996. The van der Waals surface area contributed by atoms with Crippen molar-refractivity contribution in [3.63, 3.8) is 0 Å². The minimum atomic E-state index is -3.53. The van der Waals surface area contributed by atoms with E-state index in [9.17, 15) is 14.7 Å². The number of hydrogen-bond acceptors (Lipinski definition) is 14. The van der Waals surface area contributed by atoms with Gasteiger partial charge >= 0.3 is 5.97 Å². The minimum absolute atomic E-state index is 0.169. The Labute approximate surface area is 426 Å². The number of benzene rings is 3. The second-order valence-electron chi connectivity index (χ2n) is 22.8. The molecule has 5 aromatic rings. The Morgan fingerprint density at radius 2 is 1.24 bits per heavy atom. The molecule has 388 valence electrons. The van der Waals surface area contributed by atoms with Gasteiger partial charge in [-0.05, 0) is 63.8 Å². The first-order valence-electron chi connectivity index (χ1n) is 24.5. The average Bonchev–Trinajstić information content (AvgIpc) is 3.92. The molecule has 0 aliphatic carbocycles. The van der Waals surface area contributed by atoms with Gasteiger partial charge in [-0.2, -0.15) is 0 Å². The van der Waals surface area contributed by atoms with Crippen LogP contribution in [-0.4, -0.2) is 130 Å². The minimum Gasteiger partial charge on any atom is -0.467 e. The number of nitrogens with one attached hydrogen (secondary N) is 1. The molecule has 0 bridgehead atoms. The van der Waals surface area contributed by atoms with Crippen molar-refractivity contribution in [1.29, 1.82) is 0 Å². The van der Waals surface area contributed by atoms with Crippen molar-refractivity contribution in [1.82, 2.24) is 19.5 Å². The van der Waals surface area contributed by atoms with Gasteiger partial charge in [-0.25, -0.2) is 19.7 Å². The SMILES string of the molecule is COC(=O)[C@H]1O[C@@H]([C@@H](O)[C@H]2O[C@@H](n3cnc4c(NC(=O)c5ccccc5)ncnc43)[C@H](OC)[C@H]2O[Si](C)(C)C(C)(C)C)C(=O)[C@@H](O[Si](C)(C)C(C)(C)C)[C@@H]1O[Si](c1ccccc1)(c1ccccc1)C(C)(C)C. The number of aliphatic hydroxyl groups is 1. The van der Waals surface area contributed by atoms with Crippen LogP contribution in [0.2, 0.25) is 41.3 Å². The summed E-state index contributed by atoms with van der Waals surface area (Å²) in [6.07, 6.45) is -9.27. The molecule has 0 saturated carbocycles. The Morgan fingerprint density at radius 1 is 0.694 bits per heavy atom. The molecule has 2 saturated heterocycles. The number of anilines is 1. The smallest absolute Gasteiger partial charge is 0.337 e. The molecule has 2 N–H and O–H groups in total. The molecule has 0 spiro atoms. The summed E-state index contributed by atoms with van der Waals surface area (Å²) in [4.78, 5) is 57.2. The van der Waals surface area contributed by atoms with E-state index in [4.69, 9.17) is 32.2 Å². The Hall–Kier alpha value is -4.81. The first-order chi connectivity index (χ1) is 33.7. The molecule has 0 unspecified atom stereocenters. The van der Waals surface area contributed by atoms with Crippen LogP contribution in [-0.2, 0) is 41.8 Å². The summed E-state index contributed by atoms with van der Waals surface area (Å²) in [7, 11) is -6.41. The summed E-state index contributed by atoms with van der Waals surface area (Å²) < 4.78 is 49.1. The number of hydrogen-bond donors (Lipinski definition) is 2. The normalized spacial score (nSPS) is 24.0. The number of Topliss-reactive ketones (excluding diaryl/α,β-unsaturated/α-hetero) is 1. The highest BCUT2D eigenvalue weighted by atomic mass is 28.4. The van der Waals surface area contributed by atoms with E-state index in [0.29, 0.717) is 11.2 Å². The van der Waals surface area contributed by atoms with Crippen LogP contribution >= 0.6 is 0 Å². The number of aliphatic hydroxyl groups excluding tert-OH is 1. The van der Waals surface area contributed by atoms with Gasteiger partial charge in [-0.1, -0.05) is 141 Å². The third-order valence-electron chi connectivity index (χ3n) is 15.1. The zero-order valence-corrected chi connectivity index (χ0v) is 47.3. The molecule has 2 aromatic heterocycles. The number of carbonyl (C=O) groups is 3. The van der Waals surface area contributed by atoms with Crippen molar-refractivity contribution in [2.24, 2.45) is 0 Å². The van der Waals surface area contributed by atoms with Gasteiger partial charge < -0.3 is 42.6 Å². The van der Waals surface area contributed by atoms with E-state index in [1.807, 2.05) is 79.8 Å². The Balaban J connectivity index is 1.35. The van der Waals surface area contributed by atoms with Gasteiger partial charge in [0, 0.05) is 12.7 Å². The summed E-state index contributed by atoms with van der Waals surface area (Å²) in [5, 5.41) is 16.4. The lowest BCUT2D eigenvalue weighted by Crippen LogP contribution is -2.73. The maximum absolute atomic E-state index is 15.8. The van der Waals surface area contributed by atoms with Gasteiger partial charge in [0.25, 0.3) is 14.2 Å². The first-order valence-corrected chi connectivity index (χ1v) is 32.2. The Kier molecular flexibility index (Phi) is 15.9. The first kappa shape index (κ1) is 55.0. The lowest BCUT2D eigenvalue weighted by molar-refractivity contribution is -0.212. The fourth-order valence-electron chi connectivity index (χ4n) is 9.11. The van der Waals surface area contributed by atoms with Crippen molar-refractivity contribution in [3.8, 4) is 0 Å². The second-order valence-corrected chi connectivity index (χ2v) is 36.6. The molecule has 2 aliphatic heterocycles. The summed E-state index contributed by atoms with van der Waals surface area (Å²) in [5.74, 6) is -1.65. The lowest BCUT2D eigenvalue weighted by atomic mass is 9.90. The fraction of sp³-hybridized carbons (Fsp3) is 0.509. The molecule has 72 heavy (non-hydrogen) atoms. The monoisotopic (exact) mass is 1040 g/mol. The molecule has 19 heteroatoms. The predicted molar refractivity (Wildman–Crippen MR) is 283 cm³/mol. The topological polar surface area (TPSA) is 192 Å². The zero-order chi connectivity index (χ0) is 52.8. The van der Waals surface area contributed by atoms with Gasteiger partial charge in [-0.15, -0.1) is 0 Å². The number of ether oxygens (including phenoxy) is 4. The molecule has 9 atom stereocenters. The number of amides is 1. The number of carbonyl (C=O) groups excluding carboxylic acids is 3. The lowest BCUT2D eigenvalue weighted by Gasteiger charge is -2.51. The third kappa shape index (κ3) is 10.5. The van der Waals surface area contributed by atoms with Crippen molar-refractivity contribution in [2.75, 3.05) is 19.5 Å². The summed E-state index contributed by atoms with van der Waals surface area (Å²) in [6.45, 7) is 27.0. The number of nitrogens with zero attached hydrogens (tertiary/aromatic N) is 4. The van der Waals surface area contributed by atoms with Gasteiger partial charge in [0.1, 0.15) is 49.1 Å². The van der Waals surface area contributed by atoms with E-state index in [1.54, 1.807) is 28.8 Å². The number of imidazole rings is 1. The third-order valence-corrected chi connectivity index (χ3v) is 29.1. The molecule has 16 nitrogen and oxygen atoms in total. The molecular weight excluding hydrogens is 967 g/mol. The van der Waals surface area contributed by atoms with Crippen LogP contribution in [0.4, 0.5) is 5.82 Å². The molecule has 4 heterocycles. The summed E-state index contributed by atoms with van der Waals surface area (Å²) >= 11 is 0. The maximum atomic E-state index is 15.8. The maximum Gasteiger partial charge on any atom is 0.337 e. The van der Waals surface area contributed by atoms with Gasteiger partial charge in [0.15, 0.2) is 51.7 Å². The van der Waals surface area contributed by atoms with Crippen LogP contribution in [0.3, 0.4) is 0 Å². The molecule has 2 fully saturated rings. The molecular formula is C53H73N5O11Si3. The second kappa shape index (κ2) is 20.8. The van der Waals surface area contributed by atoms with Crippen molar-refractivity contribution in [2.45, 2.75) is 159 Å². The van der Waals surface area contributed by atoms with Crippen LogP contribution in [0.25, 0.3) is 11.2 Å². The molecule has 3 aromatic carbocycles. The molecule has 0 radical (unpaired) electrons. The van der Waals surface area contributed by atoms with Crippen LogP contribution < -0.4 is 15.7 Å². The van der Waals surface area contributed by atoms with Crippen LogP contribution in [0.1, 0.15) is 78.9 Å². The molecule has 1 amide bonds. The van der Waals surface area contributed by atoms with Crippen molar-refractivity contribution in [3.05, 3.63) is 109 Å².